The monoisotopic (exact) mass is 424 g/mol. The van der Waals surface area contributed by atoms with Crippen molar-refractivity contribution in [3.05, 3.63) is 90.2 Å². The van der Waals surface area contributed by atoms with Gasteiger partial charge in [-0.3, -0.25) is 9.78 Å². The summed E-state index contributed by atoms with van der Waals surface area (Å²) < 4.78 is 5.44. The van der Waals surface area contributed by atoms with Crippen LogP contribution >= 0.6 is 0 Å². The SMILES string of the molecule is Cc1cnc(-c2cccnc2)nc1[C@H]1CCCN(C(=O)c2ccc(-c3ccco3)cc2)C1. The number of hydrogen-bond acceptors (Lipinski definition) is 5. The van der Waals surface area contributed by atoms with Gasteiger partial charge in [0.15, 0.2) is 5.82 Å². The molecule has 160 valence electrons. The number of hydrogen-bond donors (Lipinski definition) is 0. The van der Waals surface area contributed by atoms with Crippen LogP contribution in [0.25, 0.3) is 22.7 Å². The summed E-state index contributed by atoms with van der Waals surface area (Å²) in [7, 11) is 0. The predicted octanol–water partition coefficient (Wildman–Crippen LogP) is 5.13. The zero-order valence-corrected chi connectivity index (χ0v) is 17.9. The van der Waals surface area contributed by atoms with Gasteiger partial charge < -0.3 is 9.32 Å². The molecule has 4 heterocycles. The van der Waals surface area contributed by atoms with Gasteiger partial charge >= 0.3 is 0 Å². The number of pyridine rings is 1. The molecule has 6 heteroatoms. The number of rotatable bonds is 4. The molecule has 3 aromatic heterocycles. The Morgan fingerprint density at radius 2 is 1.94 bits per heavy atom. The number of benzene rings is 1. The topological polar surface area (TPSA) is 72.1 Å². The molecule has 6 nitrogen and oxygen atoms in total. The van der Waals surface area contributed by atoms with Gasteiger partial charge in [-0.25, -0.2) is 9.97 Å². The first kappa shape index (κ1) is 20.1. The fourth-order valence-electron chi connectivity index (χ4n) is 4.29. The van der Waals surface area contributed by atoms with Crippen molar-refractivity contribution in [3.8, 4) is 22.7 Å². The van der Waals surface area contributed by atoms with Crippen molar-refractivity contribution >= 4 is 5.91 Å². The lowest BCUT2D eigenvalue weighted by Crippen LogP contribution is -2.39. The number of carbonyl (C=O) groups excluding carboxylic acids is 1. The molecule has 0 saturated carbocycles. The molecule has 0 N–H and O–H groups in total. The number of amides is 1. The molecule has 0 aliphatic carbocycles. The van der Waals surface area contributed by atoms with E-state index in [0.717, 1.165) is 47.5 Å². The first-order valence-electron chi connectivity index (χ1n) is 10.9. The maximum Gasteiger partial charge on any atom is 0.253 e. The third-order valence-electron chi connectivity index (χ3n) is 5.96. The fraction of sp³-hybridized carbons (Fsp3) is 0.231. The van der Waals surface area contributed by atoms with Crippen molar-refractivity contribution in [1.29, 1.82) is 0 Å². The molecule has 5 rings (SSSR count). The van der Waals surface area contributed by atoms with Gasteiger partial charge in [-0.1, -0.05) is 12.1 Å². The molecule has 0 bridgehead atoms. The highest BCUT2D eigenvalue weighted by Crippen LogP contribution is 2.30. The summed E-state index contributed by atoms with van der Waals surface area (Å²) in [6, 6.07) is 15.2. The molecule has 4 aromatic rings. The number of aromatic nitrogens is 3. The number of carbonyl (C=O) groups is 1. The van der Waals surface area contributed by atoms with E-state index >= 15 is 0 Å². The largest absolute Gasteiger partial charge is 0.464 e. The smallest absolute Gasteiger partial charge is 0.253 e. The Balaban J connectivity index is 1.35. The zero-order valence-electron chi connectivity index (χ0n) is 17.9. The average Bonchev–Trinajstić information content (AvgIpc) is 3.40. The van der Waals surface area contributed by atoms with Crippen LogP contribution in [0.5, 0.6) is 0 Å². The van der Waals surface area contributed by atoms with Crippen LogP contribution in [-0.2, 0) is 0 Å². The van der Waals surface area contributed by atoms with Crippen LogP contribution < -0.4 is 0 Å². The van der Waals surface area contributed by atoms with Crippen LogP contribution in [0.4, 0.5) is 0 Å². The molecule has 0 spiro atoms. The molecule has 1 aliphatic heterocycles. The van der Waals surface area contributed by atoms with E-state index in [-0.39, 0.29) is 11.8 Å². The standard InChI is InChI=1S/C26H24N4O2/c1-18-15-28-25(21-5-2-12-27-16-21)29-24(18)22-6-3-13-30(17-22)26(31)20-10-8-19(9-11-20)23-7-4-14-32-23/h2,4-5,7-12,14-16,22H,3,6,13,17H2,1H3/t22-/m0/s1. The Kier molecular flexibility index (Phi) is 5.50. The summed E-state index contributed by atoms with van der Waals surface area (Å²) in [6.45, 7) is 3.45. The third-order valence-corrected chi connectivity index (χ3v) is 5.96. The van der Waals surface area contributed by atoms with Crippen LogP contribution in [0.15, 0.2) is 77.8 Å². The minimum atomic E-state index is 0.0555. The van der Waals surface area contributed by atoms with Crippen LogP contribution in [0.2, 0.25) is 0 Å². The normalized spacial score (nSPS) is 16.2. The summed E-state index contributed by atoms with van der Waals surface area (Å²) in [5.41, 5.74) is 4.62. The molecule has 32 heavy (non-hydrogen) atoms. The second kappa shape index (κ2) is 8.75. The second-order valence-corrected chi connectivity index (χ2v) is 8.15. The Bertz CT molecular complexity index is 1200. The lowest BCUT2D eigenvalue weighted by Gasteiger charge is -2.33. The van der Waals surface area contributed by atoms with E-state index in [1.165, 1.54) is 0 Å². The highest BCUT2D eigenvalue weighted by Gasteiger charge is 2.28. The quantitative estimate of drug-likeness (QED) is 0.454. The van der Waals surface area contributed by atoms with Crippen molar-refractivity contribution < 1.29 is 9.21 Å². The summed E-state index contributed by atoms with van der Waals surface area (Å²) in [6.07, 6.45) is 9.00. The molecule has 1 amide bonds. The van der Waals surface area contributed by atoms with Crippen molar-refractivity contribution in [2.75, 3.05) is 13.1 Å². The van der Waals surface area contributed by atoms with Gasteiger partial charge in [0.1, 0.15) is 5.76 Å². The van der Waals surface area contributed by atoms with Gasteiger partial charge in [0.05, 0.1) is 12.0 Å². The van der Waals surface area contributed by atoms with Gasteiger partial charge in [0.2, 0.25) is 0 Å². The Hall–Kier alpha value is -3.80. The summed E-state index contributed by atoms with van der Waals surface area (Å²) in [5, 5.41) is 0. The van der Waals surface area contributed by atoms with Crippen molar-refractivity contribution in [3.63, 3.8) is 0 Å². The number of aryl methyl sites for hydroxylation is 1. The highest BCUT2D eigenvalue weighted by atomic mass is 16.3. The summed E-state index contributed by atoms with van der Waals surface area (Å²) >= 11 is 0. The van der Waals surface area contributed by atoms with Crippen molar-refractivity contribution in [2.45, 2.75) is 25.7 Å². The van der Waals surface area contributed by atoms with E-state index in [9.17, 15) is 4.79 Å². The van der Waals surface area contributed by atoms with Crippen molar-refractivity contribution in [2.24, 2.45) is 0 Å². The lowest BCUT2D eigenvalue weighted by molar-refractivity contribution is 0.0705. The molecule has 0 radical (unpaired) electrons. The van der Waals surface area contributed by atoms with Gasteiger partial charge in [-0.2, -0.15) is 0 Å². The Morgan fingerprint density at radius 1 is 1.06 bits per heavy atom. The van der Waals surface area contributed by atoms with Gasteiger partial charge in [0.25, 0.3) is 5.91 Å². The summed E-state index contributed by atoms with van der Waals surface area (Å²) in [5.74, 6) is 1.72. The molecule has 1 aliphatic rings. The Labute approximate surface area is 187 Å². The maximum atomic E-state index is 13.2. The highest BCUT2D eigenvalue weighted by molar-refractivity contribution is 5.94. The molecular formula is C26H24N4O2. The number of likely N-dealkylation sites (tertiary alicyclic amines) is 1. The average molecular weight is 425 g/mol. The van der Waals surface area contributed by atoms with Crippen molar-refractivity contribution in [1.82, 2.24) is 19.9 Å². The van der Waals surface area contributed by atoms with Gasteiger partial charge in [-0.05, 0) is 61.7 Å². The third kappa shape index (κ3) is 4.04. The van der Waals surface area contributed by atoms with E-state index in [2.05, 4.69) is 9.97 Å². The van der Waals surface area contributed by atoms with E-state index in [0.29, 0.717) is 17.9 Å². The van der Waals surface area contributed by atoms with Crippen LogP contribution in [0.3, 0.4) is 0 Å². The van der Waals surface area contributed by atoms with Crippen LogP contribution in [-0.4, -0.2) is 38.8 Å². The van der Waals surface area contributed by atoms with Gasteiger partial charge in [0, 0.05) is 54.3 Å². The van der Waals surface area contributed by atoms with Gasteiger partial charge in [-0.15, -0.1) is 0 Å². The Morgan fingerprint density at radius 3 is 2.69 bits per heavy atom. The van der Waals surface area contributed by atoms with E-state index in [1.807, 2.05) is 66.6 Å². The van der Waals surface area contributed by atoms with Crippen LogP contribution in [0.1, 0.15) is 40.4 Å². The van der Waals surface area contributed by atoms with E-state index in [1.54, 1.807) is 18.7 Å². The molecule has 1 atom stereocenters. The minimum absolute atomic E-state index is 0.0555. The lowest BCUT2D eigenvalue weighted by atomic mass is 9.91. The fourth-order valence-corrected chi connectivity index (χ4v) is 4.29. The summed E-state index contributed by atoms with van der Waals surface area (Å²) in [4.78, 5) is 28.7. The molecule has 1 fully saturated rings. The number of furan rings is 1. The zero-order chi connectivity index (χ0) is 21.9. The molecule has 1 saturated heterocycles. The molecule has 1 aromatic carbocycles. The number of nitrogens with zero attached hydrogens (tertiary/aromatic N) is 4. The van der Waals surface area contributed by atoms with Crippen LogP contribution in [0, 0.1) is 6.92 Å². The number of piperidine rings is 1. The second-order valence-electron chi connectivity index (χ2n) is 8.15. The van der Waals surface area contributed by atoms with E-state index in [4.69, 9.17) is 9.40 Å². The molecular weight excluding hydrogens is 400 g/mol. The predicted molar refractivity (Wildman–Crippen MR) is 122 cm³/mol. The first-order chi connectivity index (χ1) is 15.7. The minimum Gasteiger partial charge on any atom is -0.464 e. The molecule has 0 unspecified atom stereocenters. The van der Waals surface area contributed by atoms with E-state index < -0.39 is 0 Å². The maximum absolute atomic E-state index is 13.2. The first-order valence-corrected chi connectivity index (χ1v) is 10.9.